The smallest absolute Gasteiger partial charge is 0.227 e. The van der Waals surface area contributed by atoms with Gasteiger partial charge in [0.15, 0.2) is 5.78 Å². The Bertz CT molecular complexity index is 1160. The fraction of sp³-hybridized carbons (Fsp3) is 0.227. The minimum absolute atomic E-state index is 0.124. The largest absolute Gasteiger partial charge is 0.328 e. The third-order valence-electron chi connectivity index (χ3n) is 5.32. The lowest BCUT2D eigenvalue weighted by Gasteiger charge is -2.32. The summed E-state index contributed by atoms with van der Waals surface area (Å²) in [6.45, 7) is 0. The highest BCUT2D eigenvalue weighted by molar-refractivity contribution is 7.98. The van der Waals surface area contributed by atoms with Crippen LogP contribution in [0.15, 0.2) is 65.0 Å². The first-order valence-corrected chi connectivity index (χ1v) is 11.5. The molecule has 1 aliphatic heterocycles. The van der Waals surface area contributed by atoms with Gasteiger partial charge in [-0.1, -0.05) is 71.4 Å². The van der Waals surface area contributed by atoms with E-state index in [0.717, 1.165) is 35.4 Å². The average molecular weight is 457 g/mol. The van der Waals surface area contributed by atoms with Crippen molar-refractivity contribution in [1.29, 1.82) is 0 Å². The maximum Gasteiger partial charge on any atom is 0.227 e. The molecule has 0 radical (unpaired) electrons. The fourth-order valence-corrected chi connectivity index (χ4v) is 5.23. The third-order valence-corrected chi connectivity index (χ3v) is 6.79. The molecule has 0 saturated carbocycles. The molecule has 30 heavy (non-hydrogen) atoms. The predicted octanol–water partition coefficient (Wildman–Crippen LogP) is 5.90. The van der Waals surface area contributed by atoms with E-state index in [1.807, 2.05) is 24.3 Å². The SMILES string of the molecule is O=C1CCCC2=C1C(c1ccc(Cl)cc1Cl)n1nc(SCc3ccccc3)nc1N2. The van der Waals surface area contributed by atoms with E-state index < -0.39 is 6.04 Å². The number of Topliss-reactive ketones (excluding diaryl/α,β-unsaturated/α-hetero) is 1. The third kappa shape index (κ3) is 3.64. The van der Waals surface area contributed by atoms with Gasteiger partial charge in [-0.25, -0.2) is 4.68 Å². The van der Waals surface area contributed by atoms with Gasteiger partial charge < -0.3 is 5.32 Å². The molecule has 1 aromatic heterocycles. The van der Waals surface area contributed by atoms with Crippen molar-refractivity contribution >= 4 is 46.7 Å². The van der Waals surface area contributed by atoms with Crippen LogP contribution in [0.4, 0.5) is 5.95 Å². The van der Waals surface area contributed by atoms with Crippen molar-refractivity contribution in [1.82, 2.24) is 14.8 Å². The Hall–Kier alpha value is -2.28. The van der Waals surface area contributed by atoms with E-state index in [0.29, 0.717) is 27.6 Å². The number of benzene rings is 2. The number of hydrogen-bond acceptors (Lipinski definition) is 5. The molecular formula is C22H18Cl2N4OS. The predicted molar refractivity (Wildman–Crippen MR) is 120 cm³/mol. The molecule has 5 rings (SSSR count). The van der Waals surface area contributed by atoms with Crippen LogP contribution < -0.4 is 5.32 Å². The van der Waals surface area contributed by atoms with E-state index in [4.69, 9.17) is 33.3 Å². The quantitative estimate of drug-likeness (QED) is 0.495. The Kier molecular flexibility index (Phi) is 5.31. The highest BCUT2D eigenvalue weighted by atomic mass is 35.5. The van der Waals surface area contributed by atoms with Gasteiger partial charge in [-0.15, -0.1) is 5.10 Å². The number of carbonyl (C=O) groups is 1. The Morgan fingerprint density at radius 3 is 2.77 bits per heavy atom. The average Bonchev–Trinajstić information content (AvgIpc) is 3.15. The lowest BCUT2D eigenvalue weighted by molar-refractivity contribution is -0.116. The fourth-order valence-electron chi connectivity index (χ4n) is 3.93. The van der Waals surface area contributed by atoms with E-state index in [-0.39, 0.29) is 5.78 Å². The van der Waals surface area contributed by atoms with Gasteiger partial charge in [-0.2, -0.15) is 4.98 Å². The molecule has 2 aliphatic rings. The van der Waals surface area contributed by atoms with E-state index in [9.17, 15) is 4.79 Å². The molecule has 0 bridgehead atoms. The zero-order valence-corrected chi connectivity index (χ0v) is 18.3. The minimum atomic E-state index is -0.410. The van der Waals surface area contributed by atoms with Crippen molar-refractivity contribution in [3.05, 3.63) is 81.0 Å². The molecule has 1 N–H and O–H groups in total. The molecule has 1 aliphatic carbocycles. The molecule has 0 amide bonds. The molecule has 0 fully saturated rings. The molecule has 2 aromatic carbocycles. The van der Waals surface area contributed by atoms with Gasteiger partial charge in [-0.05, 0) is 30.5 Å². The van der Waals surface area contributed by atoms with Gasteiger partial charge in [0.1, 0.15) is 6.04 Å². The summed E-state index contributed by atoms with van der Waals surface area (Å²) in [5.74, 6) is 1.53. The summed E-state index contributed by atoms with van der Waals surface area (Å²) in [5, 5.41) is 9.81. The first kappa shape index (κ1) is 19.7. The maximum absolute atomic E-state index is 12.9. The second-order valence-electron chi connectivity index (χ2n) is 7.30. The van der Waals surface area contributed by atoms with E-state index in [2.05, 4.69) is 17.4 Å². The second-order valence-corrected chi connectivity index (χ2v) is 9.09. The summed E-state index contributed by atoms with van der Waals surface area (Å²) < 4.78 is 1.78. The molecule has 152 valence electrons. The second kappa shape index (κ2) is 8.10. The monoisotopic (exact) mass is 456 g/mol. The lowest BCUT2D eigenvalue weighted by Crippen LogP contribution is -2.31. The zero-order chi connectivity index (χ0) is 20.7. The van der Waals surface area contributed by atoms with Crippen LogP contribution in [0.5, 0.6) is 0 Å². The van der Waals surface area contributed by atoms with Crippen molar-refractivity contribution in [2.75, 3.05) is 5.32 Å². The molecule has 0 spiro atoms. The number of rotatable bonds is 4. The van der Waals surface area contributed by atoms with Crippen molar-refractivity contribution < 1.29 is 4.79 Å². The molecule has 3 aromatic rings. The van der Waals surface area contributed by atoms with Crippen LogP contribution in [0.25, 0.3) is 0 Å². The lowest BCUT2D eigenvalue weighted by atomic mass is 9.85. The van der Waals surface area contributed by atoms with Crippen molar-refractivity contribution in [2.45, 2.75) is 36.2 Å². The molecule has 1 atom stereocenters. The molecule has 1 unspecified atom stereocenters. The standard InChI is InChI=1S/C22H18Cl2N4OS/c23-14-9-10-15(16(24)11-14)20-19-17(7-4-8-18(19)29)25-21-26-22(27-28(20)21)30-12-13-5-2-1-3-6-13/h1-3,5-6,9-11,20H,4,7-8,12H2,(H,25,26,27). The first-order chi connectivity index (χ1) is 14.6. The molecule has 8 heteroatoms. The normalized spacial score (nSPS) is 18.1. The van der Waals surface area contributed by atoms with Crippen LogP contribution in [-0.2, 0) is 10.5 Å². The summed E-state index contributed by atoms with van der Waals surface area (Å²) in [5.41, 5.74) is 3.65. The number of anilines is 1. The Morgan fingerprint density at radius 2 is 1.97 bits per heavy atom. The summed E-state index contributed by atoms with van der Waals surface area (Å²) >= 11 is 14.2. The van der Waals surface area contributed by atoms with Gasteiger partial charge >= 0.3 is 0 Å². The van der Waals surface area contributed by atoms with Crippen LogP contribution in [0.1, 0.15) is 36.4 Å². The number of fused-ring (bicyclic) bond motifs is 1. The minimum Gasteiger partial charge on any atom is -0.328 e. The van der Waals surface area contributed by atoms with Crippen molar-refractivity contribution in [3.63, 3.8) is 0 Å². The summed E-state index contributed by atoms with van der Waals surface area (Å²) in [7, 11) is 0. The van der Waals surface area contributed by atoms with Crippen molar-refractivity contribution in [3.8, 4) is 0 Å². The van der Waals surface area contributed by atoms with Crippen molar-refractivity contribution in [2.24, 2.45) is 0 Å². The van der Waals surface area contributed by atoms with E-state index in [1.54, 1.807) is 28.6 Å². The number of halogens is 2. The van der Waals surface area contributed by atoms with Gasteiger partial charge in [0, 0.05) is 39.1 Å². The number of nitrogens with one attached hydrogen (secondary N) is 1. The number of nitrogens with zero attached hydrogens (tertiary/aromatic N) is 3. The number of thioether (sulfide) groups is 1. The van der Waals surface area contributed by atoms with Gasteiger partial charge in [-0.3, -0.25) is 4.79 Å². The van der Waals surface area contributed by atoms with Gasteiger partial charge in [0.25, 0.3) is 0 Å². The maximum atomic E-state index is 12.9. The number of hydrogen-bond donors (Lipinski definition) is 1. The highest BCUT2D eigenvalue weighted by Gasteiger charge is 2.37. The Balaban J connectivity index is 1.55. The Labute approximate surface area is 188 Å². The van der Waals surface area contributed by atoms with E-state index >= 15 is 0 Å². The van der Waals surface area contributed by atoms with Crippen LogP contribution in [0, 0.1) is 0 Å². The highest BCUT2D eigenvalue weighted by Crippen LogP contribution is 2.43. The van der Waals surface area contributed by atoms with Gasteiger partial charge in [0.2, 0.25) is 11.1 Å². The van der Waals surface area contributed by atoms with Crippen LogP contribution in [0.3, 0.4) is 0 Å². The molecular weight excluding hydrogens is 439 g/mol. The van der Waals surface area contributed by atoms with Crippen LogP contribution >= 0.6 is 35.0 Å². The van der Waals surface area contributed by atoms with Gasteiger partial charge in [0.05, 0.1) is 0 Å². The molecule has 0 saturated heterocycles. The topological polar surface area (TPSA) is 59.8 Å². The number of allylic oxidation sites excluding steroid dienone is 2. The summed E-state index contributed by atoms with van der Waals surface area (Å²) in [6.07, 6.45) is 2.17. The molecule has 2 heterocycles. The van der Waals surface area contributed by atoms with E-state index in [1.165, 1.54) is 5.56 Å². The zero-order valence-electron chi connectivity index (χ0n) is 15.9. The number of carbonyl (C=O) groups excluding carboxylic acids is 1. The number of ketones is 1. The Morgan fingerprint density at radius 1 is 1.13 bits per heavy atom. The number of aromatic nitrogens is 3. The van der Waals surface area contributed by atoms with Crippen LogP contribution in [0.2, 0.25) is 10.0 Å². The summed E-state index contributed by atoms with van der Waals surface area (Å²) in [4.78, 5) is 17.6. The molecule has 5 nitrogen and oxygen atoms in total. The first-order valence-electron chi connectivity index (χ1n) is 9.71. The summed E-state index contributed by atoms with van der Waals surface area (Å²) in [6, 6.07) is 15.2. The van der Waals surface area contributed by atoms with Crippen LogP contribution in [-0.4, -0.2) is 20.5 Å².